The van der Waals surface area contributed by atoms with Crippen molar-refractivity contribution in [1.82, 2.24) is 0 Å². The molecular formula is C32H26Cl4O2. The van der Waals surface area contributed by atoms with Crippen molar-refractivity contribution in [3.8, 4) is 0 Å². The molecule has 0 saturated heterocycles. The Morgan fingerprint density at radius 3 is 1.29 bits per heavy atom. The van der Waals surface area contributed by atoms with Gasteiger partial charge in [-0.15, -0.1) is 0 Å². The minimum Gasteiger partial charge on any atom is -0.456 e. The third-order valence-electron chi connectivity index (χ3n) is 7.39. The normalized spacial score (nSPS) is 12.0. The zero-order valence-electron chi connectivity index (χ0n) is 20.8. The third-order valence-corrected chi connectivity index (χ3v) is 9.20. The number of fused-ring (bicyclic) bond motifs is 6. The van der Waals surface area contributed by atoms with Gasteiger partial charge < -0.3 is 8.83 Å². The molecule has 38 heavy (non-hydrogen) atoms. The van der Waals surface area contributed by atoms with E-state index in [1.807, 2.05) is 48.5 Å². The van der Waals surface area contributed by atoms with E-state index in [0.29, 0.717) is 20.1 Å². The molecule has 0 fully saturated rings. The topological polar surface area (TPSA) is 26.3 Å². The van der Waals surface area contributed by atoms with Gasteiger partial charge in [-0.25, -0.2) is 0 Å². The molecule has 0 aliphatic heterocycles. The monoisotopic (exact) mass is 582 g/mol. The standard InChI is InChI=1S/C32H26Cl4O2/c33-29-19(17-25-27(31(29)35)21-13-7-9-15-23(21)37-25)11-5-3-1-2-4-6-12-20-18-26-28(32(36)30(20)34)22-14-8-10-16-24(22)38-26/h7-10,13-18H,1-6,11-12H2. The second kappa shape index (κ2) is 11.0. The zero-order valence-corrected chi connectivity index (χ0v) is 23.8. The average molecular weight is 584 g/mol. The minimum absolute atomic E-state index is 0.587. The Kier molecular flexibility index (Phi) is 7.51. The van der Waals surface area contributed by atoms with Gasteiger partial charge in [-0.05, 0) is 61.1 Å². The summed E-state index contributed by atoms with van der Waals surface area (Å²) in [5, 5.41) is 6.26. The van der Waals surface area contributed by atoms with Crippen molar-refractivity contribution >= 4 is 90.3 Å². The smallest absolute Gasteiger partial charge is 0.137 e. The fourth-order valence-corrected chi connectivity index (χ4v) is 6.55. The molecule has 0 aliphatic rings. The molecule has 2 heterocycles. The highest BCUT2D eigenvalue weighted by Crippen LogP contribution is 2.41. The molecule has 0 N–H and O–H groups in total. The number of rotatable bonds is 9. The van der Waals surface area contributed by atoms with Crippen LogP contribution in [0.4, 0.5) is 0 Å². The number of furan rings is 2. The Morgan fingerprint density at radius 2 is 0.842 bits per heavy atom. The van der Waals surface area contributed by atoms with Crippen LogP contribution in [-0.2, 0) is 12.8 Å². The Hall–Kier alpha value is -2.36. The SMILES string of the molecule is Clc1c(CCCCCCCCc2cc3oc4ccccc4c3c(Cl)c2Cl)cc2oc3ccccc3c2c1Cl. The molecule has 0 spiro atoms. The second-order valence-electron chi connectivity index (χ2n) is 9.89. The summed E-state index contributed by atoms with van der Waals surface area (Å²) in [6.07, 6.45) is 8.53. The molecule has 0 bridgehead atoms. The summed E-state index contributed by atoms with van der Waals surface area (Å²) < 4.78 is 12.1. The van der Waals surface area contributed by atoms with Crippen LogP contribution < -0.4 is 0 Å². The summed E-state index contributed by atoms with van der Waals surface area (Å²) in [4.78, 5) is 0. The van der Waals surface area contributed by atoms with E-state index in [0.717, 1.165) is 93.5 Å². The van der Waals surface area contributed by atoms with Crippen molar-refractivity contribution in [2.24, 2.45) is 0 Å². The summed E-state index contributed by atoms with van der Waals surface area (Å²) in [6.45, 7) is 0. The predicted molar refractivity (Wildman–Crippen MR) is 163 cm³/mol. The van der Waals surface area contributed by atoms with E-state index < -0.39 is 0 Å². The van der Waals surface area contributed by atoms with Gasteiger partial charge in [-0.2, -0.15) is 0 Å². The highest BCUT2D eigenvalue weighted by molar-refractivity contribution is 6.47. The van der Waals surface area contributed by atoms with E-state index in [4.69, 9.17) is 55.2 Å². The first-order valence-corrected chi connectivity index (χ1v) is 14.6. The van der Waals surface area contributed by atoms with Crippen LogP contribution in [0, 0.1) is 0 Å². The summed E-state index contributed by atoms with van der Waals surface area (Å²) in [5.74, 6) is 0. The van der Waals surface area contributed by atoms with E-state index in [1.54, 1.807) is 0 Å². The first-order valence-electron chi connectivity index (χ1n) is 13.1. The van der Waals surface area contributed by atoms with E-state index >= 15 is 0 Å². The molecular weight excluding hydrogens is 558 g/mol. The number of hydrogen-bond donors (Lipinski definition) is 0. The van der Waals surface area contributed by atoms with Crippen LogP contribution >= 0.6 is 46.4 Å². The number of unbranched alkanes of at least 4 members (excludes halogenated alkanes) is 5. The van der Waals surface area contributed by atoms with Gasteiger partial charge in [0.15, 0.2) is 0 Å². The van der Waals surface area contributed by atoms with Crippen molar-refractivity contribution in [1.29, 1.82) is 0 Å². The molecule has 194 valence electrons. The molecule has 2 nitrogen and oxygen atoms in total. The largest absolute Gasteiger partial charge is 0.456 e. The minimum atomic E-state index is 0.587. The first-order chi connectivity index (χ1) is 18.5. The summed E-state index contributed by atoms with van der Waals surface area (Å²) in [6, 6.07) is 19.9. The molecule has 4 aromatic carbocycles. The van der Waals surface area contributed by atoms with Crippen molar-refractivity contribution in [3.63, 3.8) is 0 Å². The quantitative estimate of drug-likeness (QED) is 0.158. The molecule has 2 aromatic heterocycles. The molecule has 6 rings (SSSR count). The number of benzene rings is 4. The molecule has 6 heteroatoms. The molecule has 0 unspecified atom stereocenters. The lowest BCUT2D eigenvalue weighted by Gasteiger charge is -2.08. The predicted octanol–water partition coefficient (Wildman–Crippen LogP) is 12.2. The van der Waals surface area contributed by atoms with Crippen molar-refractivity contribution in [2.45, 2.75) is 51.4 Å². The van der Waals surface area contributed by atoms with Gasteiger partial charge in [0.05, 0.1) is 20.1 Å². The van der Waals surface area contributed by atoms with Crippen LogP contribution in [0.25, 0.3) is 43.9 Å². The maximum Gasteiger partial charge on any atom is 0.137 e. The van der Waals surface area contributed by atoms with Gasteiger partial charge in [0.25, 0.3) is 0 Å². The van der Waals surface area contributed by atoms with E-state index in [9.17, 15) is 0 Å². The molecule has 0 aliphatic carbocycles. The fraction of sp³-hybridized carbons (Fsp3) is 0.250. The van der Waals surface area contributed by atoms with Crippen LogP contribution in [0.2, 0.25) is 20.1 Å². The maximum absolute atomic E-state index is 6.66. The van der Waals surface area contributed by atoms with Gasteiger partial charge >= 0.3 is 0 Å². The molecule has 0 saturated carbocycles. The Balaban J connectivity index is 1.01. The number of para-hydroxylation sites is 2. The Morgan fingerprint density at radius 1 is 0.447 bits per heavy atom. The molecule has 0 amide bonds. The molecule has 0 atom stereocenters. The van der Waals surface area contributed by atoms with Gasteiger partial charge in [-0.3, -0.25) is 0 Å². The van der Waals surface area contributed by atoms with Gasteiger partial charge in [-0.1, -0.05) is 108 Å². The van der Waals surface area contributed by atoms with E-state index in [1.165, 1.54) is 12.8 Å². The Bertz CT molecular complexity index is 1650. The van der Waals surface area contributed by atoms with Gasteiger partial charge in [0, 0.05) is 21.5 Å². The van der Waals surface area contributed by atoms with Crippen LogP contribution in [0.3, 0.4) is 0 Å². The summed E-state index contributed by atoms with van der Waals surface area (Å²) in [5.41, 5.74) is 5.37. The van der Waals surface area contributed by atoms with Crippen molar-refractivity contribution in [3.05, 3.63) is 91.9 Å². The fourth-order valence-electron chi connectivity index (χ4n) is 5.43. The van der Waals surface area contributed by atoms with E-state index in [2.05, 4.69) is 12.1 Å². The molecule has 0 radical (unpaired) electrons. The van der Waals surface area contributed by atoms with Crippen LogP contribution in [0.1, 0.15) is 49.7 Å². The van der Waals surface area contributed by atoms with Crippen molar-refractivity contribution < 1.29 is 8.83 Å². The van der Waals surface area contributed by atoms with Crippen LogP contribution in [0.15, 0.2) is 69.5 Å². The Labute approximate surface area is 241 Å². The van der Waals surface area contributed by atoms with Gasteiger partial charge in [0.2, 0.25) is 0 Å². The molecule has 6 aromatic rings. The van der Waals surface area contributed by atoms with Crippen LogP contribution in [0.5, 0.6) is 0 Å². The lowest BCUT2D eigenvalue weighted by atomic mass is 10.0. The maximum atomic E-state index is 6.66. The summed E-state index contributed by atoms with van der Waals surface area (Å²) >= 11 is 26.6. The highest BCUT2D eigenvalue weighted by Gasteiger charge is 2.17. The van der Waals surface area contributed by atoms with Gasteiger partial charge in [0.1, 0.15) is 22.3 Å². The lowest BCUT2D eigenvalue weighted by Crippen LogP contribution is -1.91. The first kappa shape index (κ1) is 25.9. The van der Waals surface area contributed by atoms with E-state index in [-0.39, 0.29) is 0 Å². The summed E-state index contributed by atoms with van der Waals surface area (Å²) in [7, 11) is 0. The number of aryl methyl sites for hydroxylation is 2. The lowest BCUT2D eigenvalue weighted by molar-refractivity contribution is 0.593. The zero-order chi connectivity index (χ0) is 26.2. The third kappa shape index (κ3) is 4.77. The highest BCUT2D eigenvalue weighted by atomic mass is 35.5. The van der Waals surface area contributed by atoms with Crippen molar-refractivity contribution in [2.75, 3.05) is 0 Å². The average Bonchev–Trinajstić information content (AvgIpc) is 3.49. The number of hydrogen-bond acceptors (Lipinski definition) is 2. The number of halogens is 4. The second-order valence-corrected chi connectivity index (χ2v) is 11.4. The van der Waals surface area contributed by atoms with Crippen LogP contribution in [-0.4, -0.2) is 0 Å².